The number of hydrogen-bond acceptors (Lipinski definition) is 3. The van der Waals surface area contributed by atoms with Crippen molar-refractivity contribution < 1.29 is 9.90 Å². The van der Waals surface area contributed by atoms with Crippen LogP contribution in [0.5, 0.6) is 0 Å². The number of nitrogens with zero attached hydrogens (tertiary/aromatic N) is 1. The molecular formula is C12H18N2O2. The van der Waals surface area contributed by atoms with Gasteiger partial charge in [0.2, 0.25) is 5.91 Å². The van der Waals surface area contributed by atoms with E-state index in [0.29, 0.717) is 13.1 Å². The van der Waals surface area contributed by atoms with E-state index in [9.17, 15) is 4.79 Å². The van der Waals surface area contributed by atoms with Crippen molar-refractivity contribution in [2.45, 2.75) is 13.5 Å². The molecule has 1 rings (SSSR count). The molecule has 1 aromatic carbocycles. The predicted molar refractivity (Wildman–Crippen MR) is 64.2 cm³/mol. The van der Waals surface area contributed by atoms with Gasteiger partial charge in [0, 0.05) is 25.7 Å². The number of nitrogens with one attached hydrogen (secondary N) is 1. The number of aliphatic hydroxyl groups excluding tert-OH is 1. The lowest BCUT2D eigenvalue weighted by atomic mass is 10.1. The van der Waals surface area contributed by atoms with E-state index in [4.69, 9.17) is 5.11 Å². The Morgan fingerprint density at radius 2 is 2.12 bits per heavy atom. The van der Waals surface area contributed by atoms with Crippen molar-refractivity contribution in [3.05, 3.63) is 29.8 Å². The smallest absolute Gasteiger partial charge is 0.221 e. The maximum atomic E-state index is 11.0. The molecule has 16 heavy (non-hydrogen) atoms. The maximum absolute atomic E-state index is 11.0. The van der Waals surface area contributed by atoms with Gasteiger partial charge >= 0.3 is 0 Å². The highest BCUT2D eigenvalue weighted by molar-refractivity contribution is 5.89. The molecule has 0 bridgehead atoms. The highest BCUT2D eigenvalue weighted by Crippen LogP contribution is 2.16. The topological polar surface area (TPSA) is 52.6 Å². The number of amides is 1. The average Bonchev–Trinajstić information content (AvgIpc) is 2.20. The lowest BCUT2D eigenvalue weighted by Gasteiger charge is -2.17. The third-order valence-corrected chi connectivity index (χ3v) is 2.25. The molecule has 2 N–H and O–H groups in total. The minimum Gasteiger partial charge on any atom is -0.395 e. The SMILES string of the molecule is CC(=O)Nc1ccccc1CN(C)CCO. The van der Waals surface area contributed by atoms with Gasteiger partial charge in [0.15, 0.2) is 0 Å². The fourth-order valence-electron chi connectivity index (χ4n) is 1.51. The minimum atomic E-state index is -0.0720. The number of likely N-dealkylation sites (N-methyl/N-ethyl adjacent to an activating group) is 1. The first-order valence-corrected chi connectivity index (χ1v) is 5.28. The third-order valence-electron chi connectivity index (χ3n) is 2.25. The molecule has 0 fully saturated rings. The Labute approximate surface area is 95.9 Å². The second kappa shape index (κ2) is 6.25. The summed E-state index contributed by atoms with van der Waals surface area (Å²) in [7, 11) is 1.93. The van der Waals surface area contributed by atoms with Gasteiger partial charge in [-0.2, -0.15) is 0 Å². The Hall–Kier alpha value is -1.39. The summed E-state index contributed by atoms with van der Waals surface area (Å²) in [5.41, 5.74) is 1.88. The standard InChI is InChI=1S/C12H18N2O2/c1-10(16)13-12-6-4-3-5-11(12)9-14(2)7-8-15/h3-6,15H,7-9H2,1-2H3,(H,13,16). The molecule has 0 aliphatic heterocycles. The van der Waals surface area contributed by atoms with E-state index in [0.717, 1.165) is 11.3 Å². The lowest BCUT2D eigenvalue weighted by molar-refractivity contribution is -0.114. The molecule has 0 atom stereocenters. The molecule has 1 amide bonds. The zero-order valence-corrected chi connectivity index (χ0v) is 9.73. The molecule has 0 aliphatic rings. The third kappa shape index (κ3) is 4.00. The van der Waals surface area contributed by atoms with Crippen molar-refractivity contribution in [1.82, 2.24) is 4.90 Å². The van der Waals surface area contributed by atoms with Gasteiger partial charge in [0.25, 0.3) is 0 Å². The monoisotopic (exact) mass is 222 g/mol. The van der Waals surface area contributed by atoms with Crippen molar-refractivity contribution in [1.29, 1.82) is 0 Å². The van der Waals surface area contributed by atoms with Gasteiger partial charge in [0.1, 0.15) is 0 Å². The van der Waals surface area contributed by atoms with Crippen LogP contribution in [0.2, 0.25) is 0 Å². The van der Waals surface area contributed by atoms with Gasteiger partial charge in [-0.05, 0) is 18.7 Å². The molecule has 4 nitrogen and oxygen atoms in total. The van der Waals surface area contributed by atoms with E-state index < -0.39 is 0 Å². The minimum absolute atomic E-state index is 0.0720. The molecule has 1 aromatic rings. The summed E-state index contributed by atoms with van der Waals surface area (Å²) in [6, 6.07) is 7.68. The maximum Gasteiger partial charge on any atom is 0.221 e. The normalized spacial score (nSPS) is 10.5. The summed E-state index contributed by atoms with van der Waals surface area (Å²) in [5.74, 6) is -0.0720. The van der Waals surface area contributed by atoms with E-state index in [-0.39, 0.29) is 12.5 Å². The van der Waals surface area contributed by atoms with E-state index in [1.807, 2.05) is 36.2 Å². The highest BCUT2D eigenvalue weighted by Gasteiger charge is 2.05. The number of benzene rings is 1. The van der Waals surface area contributed by atoms with Crippen molar-refractivity contribution in [3.8, 4) is 0 Å². The van der Waals surface area contributed by atoms with Crippen molar-refractivity contribution in [3.63, 3.8) is 0 Å². The van der Waals surface area contributed by atoms with E-state index in [1.165, 1.54) is 6.92 Å². The van der Waals surface area contributed by atoms with Gasteiger partial charge < -0.3 is 10.4 Å². The number of aliphatic hydroxyl groups is 1. The van der Waals surface area contributed by atoms with Crippen LogP contribution in [0.1, 0.15) is 12.5 Å². The fourth-order valence-corrected chi connectivity index (χ4v) is 1.51. The summed E-state index contributed by atoms with van der Waals surface area (Å²) in [5, 5.41) is 11.6. The molecule has 0 unspecified atom stereocenters. The van der Waals surface area contributed by atoms with Crippen LogP contribution in [0, 0.1) is 0 Å². The molecule has 0 saturated carbocycles. The van der Waals surface area contributed by atoms with Crippen LogP contribution in [0.3, 0.4) is 0 Å². The van der Waals surface area contributed by atoms with Crippen LogP contribution in [0.25, 0.3) is 0 Å². The van der Waals surface area contributed by atoms with E-state index >= 15 is 0 Å². The van der Waals surface area contributed by atoms with Crippen LogP contribution >= 0.6 is 0 Å². The van der Waals surface area contributed by atoms with Gasteiger partial charge in [0.05, 0.1) is 6.61 Å². The average molecular weight is 222 g/mol. The molecule has 0 heterocycles. The van der Waals surface area contributed by atoms with Crippen LogP contribution in [-0.2, 0) is 11.3 Å². The number of rotatable bonds is 5. The quantitative estimate of drug-likeness (QED) is 0.783. The summed E-state index contributed by atoms with van der Waals surface area (Å²) in [6.45, 7) is 2.96. The molecule has 0 aromatic heterocycles. The first-order chi connectivity index (χ1) is 7.63. The summed E-state index contributed by atoms with van der Waals surface area (Å²) < 4.78 is 0. The molecule has 4 heteroatoms. The number of anilines is 1. The molecular weight excluding hydrogens is 204 g/mol. The van der Waals surface area contributed by atoms with Crippen LogP contribution in [0.4, 0.5) is 5.69 Å². The van der Waals surface area contributed by atoms with Crippen molar-refractivity contribution in [2.75, 3.05) is 25.5 Å². The predicted octanol–water partition coefficient (Wildman–Crippen LogP) is 1.07. The van der Waals surface area contributed by atoms with E-state index in [1.54, 1.807) is 0 Å². The molecule has 0 saturated heterocycles. The Balaban J connectivity index is 2.74. The highest BCUT2D eigenvalue weighted by atomic mass is 16.3. The van der Waals surface area contributed by atoms with Crippen LogP contribution in [0.15, 0.2) is 24.3 Å². The number of para-hydroxylation sites is 1. The fraction of sp³-hybridized carbons (Fsp3) is 0.417. The van der Waals surface area contributed by atoms with Gasteiger partial charge in [-0.15, -0.1) is 0 Å². The molecule has 0 spiro atoms. The second-order valence-corrected chi connectivity index (χ2v) is 3.80. The van der Waals surface area contributed by atoms with Gasteiger partial charge in [-0.25, -0.2) is 0 Å². The first kappa shape index (κ1) is 12.7. The Kier molecular flexibility index (Phi) is 4.95. The van der Waals surface area contributed by atoms with Gasteiger partial charge in [-0.3, -0.25) is 9.69 Å². The van der Waals surface area contributed by atoms with Crippen LogP contribution in [-0.4, -0.2) is 36.1 Å². The van der Waals surface area contributed by atoms with E-state index in [2.05, 4.69) is 5.32 Å². The van der Waals surface area contributed by atoms with Crippen molar-refractivity contribution >= 4 is 11.6 Å². The lowest BCUT2D eigenvalue weighted by Crippen LogP contribution is -2.22. The largest absolute Gasteiger partial charge is 0.395 e. The summed E-state index contributed by atoms with van der Waals surface area (Å²) >= 11 is 0. The number of hydrogen-bond donors (Lipinski definition) is 2. The van der Waals surface area contributed by atoms with Crippen molar-refractivity contribution in [2.24, 2.45) is 0 Å². The number of carbonyl (C=O) groups is 1. The zero-order valence-electron chi connectivity index (χ0n) is 9.73. The zero-order chi connectivity index (χ0) is 12.0. The number of carbonyl (C=O) groups excluding carboxylic acids is 1. The Morgan fingerprint density at radius 3 is 2.75 bits per heavy atom. The molecule has 0 radical (unpaired) electrons. The summed E-state index contributed by atoms with van der Waals surface area (Å²) in [4.78, 5) is 13.0. The Bertz CT molecular complexity index is 353. The molecule has 88 valence electrons. The van der Waals surface area contributed by atoms with Gasteiger partial charge in [-0.1, -0.05) is 18.2 Å². The second-order valence-electron chi connectivity index (χ2n) is 3.80. The van der Waals surface area contributed by atoms with Crippen LogP contribution < -0.4 is 5.32 Å². The first-order valence-electron chi connectivity index (χ1n) is 5.28. The Morgan fingerprint density at radius 1 is 1.44 bits per heavy atom. The summed E-state index contributed by atoms with van der Waals surface area (Å²) in [6.07, 6.45) is 0. The molecule has 0 aliphatic carbocycles.